The zero-order valence-electron chi connectivity index (χ0n) is 6.78. The molecular weight excluding hydrogens is 256 g/mol. The topological polar surface area (TPSA) is 63.4 Å². The third-order valence-electron chi connectivity index (χ3n) is 1.41. The molecule has 70 valence electrons. The van der Waals surface area contributed by atoms with Crippen molar-refractivity contribution in [3.8, 4) is 0 Å². The van der Waals surface area contributed by atoms with Crippen molar-refractivity contribution in [1.82, 2.24) is 0 Å². The van der Waals surface area contributed by atoms with Crippen LogP contribution in [0.3, 0.4) is 0 Å². The van der Waals surface area contributed by atoms with Crippen molar-refractivity contribution in [3.05, 3.63) is 15.9 Å². The highest BCUT2D eigenvalue weighted by Crippen LogP contribution is 2.28. The average Bonchev–Trinajstić information content (AvgIpc) is 2.49. The van der Waals surface area contributed by atoms with Crippen LogP contribution in [0.1, 0.15) is 0 Å². The van der Waals surface area contributed by atoms with Gasteiger partial charge in [0.15, 0.2) is 0 Å². The van der Waals surface area contributed by atoms with E-state index in [9.17, 15) is 9.59 Å². The molecule has 0 saturated carbocycles. The molecule has 2 N–H and O–H groups in total. The zero-order chi connectivity index (χ0) is 10.0. The number of rotatable bonds is 1. The Kier molecular flexibility index (Phi) is 3.05. The van der Waals surface area contributed by atoms with Crippen LogP contribution in [0.15, 0.2) is 15.9 Å². The number of likely N-dealkylation sites (N-methyl/N-ethyl adjacent to an activating group) is 1. The van der Waals surface area contributed by atoms with E-state index in [0.29, 0.717) is 5.00 Å². The molecule has 0 bridgehead atoms. The molecule has 13 heavy (non-hydrogen) atoms. The first-order valence-electron chi connectivity index (χ1n) is 3.35. The van der Waals surface area contributed by atoms with Gasteiger partial charge < -0.3 is 5.73 Å². The minimum atomic E-state index is -0.952. The van der Waals surface area contributed by atoms with Gasteiger partial charge in [-0.2, -0.15) is 0 Å². The van der Waals surface area contributed by atoms with Gasteiger partial charge in [-0.1, -0.05) is 0 Å². The fourth-order valence-electron chi connectivity index (χ4n) is 0.750. The Hall–Kier alpha value is -0.880. The number of thiophene rings is 1. The van der Waals surface area contributed by atoms with Crippen molar-refractivity contribution in [2.45, 2.75) is 0 Å². The molecule has 1 rings (SSSR count). The lowest BCUT2D eigenvalue weighted by Crippen LogP contribution is -2.37. The van der Waals surface area contributed by atoms with E-state index >= 15 is 0 Å². The van der Waals surface area contributed by atoms with E-state index in [1.54, 1.807) is 12.1 Å². The zero-order valence-corrected chi connectivity index (χ0v) is 9.18. The van der Waals surface area contributed by atoms with Gasteiger partial charge in [0.1, 0.15) is 0 Å². The molecule has 0 fully saturated rings. The molecule has 0 radical (unpaired) electrons. The fraction of sp³-hybridized carbons (Fsp3) is 0.143. The summed E-state index contributed by atoms with van der Waals surface area (Å²) in [6, 6.07) is 3.53. The van der Waals surface area contributed by atoms with Crippen molar-refractivity contribution in [1.29, 1.82) is 0 Å². The molecule has 0 spiro atoms. The molecule has 1 aromatic heterocycles. The highest BCUT2D eigenvalue weighted by Gasteiger charge is 2.17. The van der Waals surface area contributed by atoms with Crippen LogP contribution in [-0.2, 0) is 9.59 Å². The number of nitrogens with two attached hydrogens (primary N) is 1. The quantitative estimate of drug-likeness (QED) is 0.767. The molecule has 0 aliphatic carbocycles. The summed E-state index contributed by atoms with van der Waals surface area (Å²) < 4.78 is 0.895. The largest absolute Gasteiger partial charge is 0.361 e. The van der Waals surface area contributed by atoms with E-state index in [1.807, 2.05) is 0 Å². The van der Waals surface area contributed by atoms with E-state index < -0.39 is 11.8 Å². The van der Waals surface area contributed by atoms with E-state index in [1.165, 1.54) is 23.3 Å². The van der Waals surface area contributed by atoms with Crippen LogP contribution >= 0.6 is 27.3 Å². The van der Waals surface area contributed by atoms with E-state index in [0.717, 1.165) is 3.79 Å². The number of anilines is 1. The average molecular weight is 263 g/mol. The summed E-state index contributed by atoms with van der Waals surface area (Å²) in [5.74, 6) is -1.67. The van der Waals surface area contributed by atoms with Crippen LogP contribution in [0, 0.1) is 0 Å². The molecule has 0 unspecified atom stereocenters. The lowest BCUT2D eigenvalue weighted by molar-refractivity contribution is -0.135. The second kappa shape index (κ2) is 3.89. The number of carbonyl (C=O) groups is 2. The minimum Gasteiger partial charge on any atom is -0.361 e. The second-order valence-electron chi connectivity index (χ2n) is 2.31. The summed E-state index contributed by atoms with van der Waals surface area (Å²) in [5, 5.41) is 0.677. The number of primary amides is 1. The minimum absolute atomic E-state index is 0.677. The normalized spacial score (nSPS) is 9.69. The number of halogens is 1. The van der Waals surface area contributed by atoms with Gasteiger partial charge in [-0.15, -0.1) is 11.3 Å². The van der Waals surface area contributed by atoms with Gasteiger partial charge in [-0.05, 0) is 28.1 Å². The predicted octanol–water partition coefficient (Wildman–Crippen LogP) is 0.959. The third kappa shape index (κ3) is 2.28. The first-order chi connectivity index (χ1) is 6.02. The van der Waals surface area contributed by atoms with Crippen LogP contribution in [0.4, 0.5) is 5.00 Å². The molecule has 1 heterocycles. The van der Waals surface area contributed by atoms with Crippen LogP contribution in [-0.4, -0.2) is 18.9 Å². The Balaban J connectivity index is 2.85. The van der Waals surface area contributed by atoms with Crippen molar-refractivity contribution in [3.63, 3.8) is 0 Å². The highest BCUT2D eigenvalue weighted by molar-refractivity contribution is 9.11. The summed E-state index contributed by atoms with van der Waals surface area (Å²) in [7, 11) is 1.51. The maximum Gasteiger partial charge on any atom is 0.316 e. The molecule has 6 heteroatoms. The molecule has 0 atom stereocenters. The molecule has 0 saturated heterocycles. The first-order valence-corrected chi connectivity index (χ1v) is 4.96. The van der Waals surface area contributed by atoms with Crippen molar-refractivity contribution in [2.75, 3.05) is 11.9 Å². The summed E-state index contributed by atoms with van der Waals surface area (Å²) in [5.41, 5.74) is 4.84. The summed E-state index contributed by atoms with van der Waals surface area (Å²) in [6.07, 6.45) is 0. The number of nitrogens with zero attached hydrogens (tertiary/aromatic N) is 1. The maximum absolute atomic E-state index is 11.1. The Morgan fingerprint density at radius 1 is 1.54 bits per heavy atom. The molecule has 4 nitrogen and oxygen atoms in total. The summed E-state index contributed by atoms with van der Waals surface area (Å²) >= 11 is 4.61. The van der Waals surface area contributed by atoms with Crippen molar-refractivity contribution < 1.29 is 9.59 Å². The van der Waals surface area contributed by atoms with Gasteiger partial charge in [0, 0.05) is 7.05 Å². The predicted molar refractivity (Wildman–Crippen MR) is 54.6 cm³/mol. The second-order valence-corrected chi connectivity index (χ2v) is 4.75. The number of hydrogen-bond donors (Lipinski definition) is 1. The lowest BCUT2D eigenvalue weighted by atomic mass is 10.5. The van der Waals surface area contributed by atoms with Gasteiger partial charge in [0.05, 0.1) is 8.79 Å². The third-order valence-corrected chi connectivity index (χ3v) is 3.11. The first kappa shape index (κ1) is 10.2. The maximum atomic E-state index is 11.1. The molecule has 2 amide bonds. The van der Waals surface area contributed by atoms with Crippen molar-refractivity contribution in [2.24, 2.45) is 5.73 Å². The van der Waals surface area contributed by atoms with Gasteiger partial charge in [-0.3, -0.25) is 14.5 Å². The smallest absolute Gasteiger partial charge is 0.316 e. The monoisotopic (exact) mass is 262 g/mol. The van der Waals surface area contributed by atoms with E-state index in [2.05, 4.69) is 15.9 Å². The number of amides is 2. The summed E-state index contributed by atoms with van der Waals surface area (Å²) in [6.45, 7) is 0. The lowest BCUT2D eigenvalue weighted by Gasteiger charge is -2.11. The Morgan fingerprint density at radius 2 is 2.15 bits per heavy atom. The SMILES string of the molecule is CN(C(=O)C(N)=O)c1ccc(Br)s1. The van der Waals surface area contributed by atoms with Gasteiger partial charge in [0.2, 0.25) is 0 Å². The molecule has 0 aliphatic rings. The Morgan fingerprint density at radius 3 is 2.54 bits per heavy atom. The molecule has 0 aliphatic heterocycles. The van der Waals surface area contributed by atoms with Crippen LogP contribution in [0.25, 0.3) is 0 Å². The van der Waals surface area contributed by atoms with Gasteiger partial charge in [0.25, 0.3) is 0 Å². The van der Waals surface area contributed by atoms with Crippen LogP contribution in [0.5, 0.6) is 0 Å². The van der Waals surface area contributed by atoms with Gasteiger partial charge in [-0.25, -0.2) is 0 Å². The molecule has 0 aromatic carbocycles. The van der Waals surface area contributed by atoms with E-state index in [4.69, 9.17) is 5.73 Å². The van der Waals surface area contributed by atoms with E-state index in [-0.39, 0.29) is 0 Å². The Labute approximate surface area is 87.5 Å². The molecular formula is C7H7BrN2O2S. The van der Waals surface area contributed by atoms with Crippen LogP contribution in [0.2, 0.25) is 0 Å². The fourth-order valence-corrected chi connectivity index (χ4v) is 2.07. The molecule has 1 aromatic rings. The highest BCUT2D eigenvalue weighted by atomic mass is 79.9. The van der Waals surface area contributed by atoms with Gasteiger partial charge >= 0.3 is 11.8 Å². The summed E-state index contributed by atoms with van der Waals surface area (Å²) in [4.78, 5) is 22.9. The number of carbonyl (C=O) groups excluding carboxylic acids is 2. The standard InChI is InChI=1S/C7H7BrN2O2S/c1-10(7(12)6(9)11)5-3-2-4(8)13-5/h2-3H,1H3,(H2,9,11). The Bertz CT molecular complexity index is 350. The number of hydrogen-bond acceptors (Lipinski definition) is 3. The van der Waals surface area contributed by atoms with Crippen LogP contribution < -0.4 is 10.6 Å². The van der Waals surface area contributed by atoms with Crippen molar-refractivity contribution >= 4 is 44.1 Å².